The molecule has 0 aliphatic carbocycles. The number of benzene rings is 1. The molecule has 1 aliphatic rings. The van der Waals surface area contributed by atoms with Crippen LogP contribution < -0.4 is 4.90 Å². The van der Waals surface area contributed by atoms with E-state index in [4.69, 9.17) is 9.15 Å². The SMILES string of the molecule is COCCN(CC(=O)N1CCN(c2ccc(-c3ccc(C)cc3)nn2)CC1)C(=O)c1ccco1. The lowest BCUT2D eigenvalue weighted by atomic mass is 10.1. The number of ether oxygens (including phenoxy) is 1. The van der Waals surface area contributed by atoms with Crippen molar-refractivity contribution in [3.63, 3.8) is 0 Å². The topological polar surface area (TPSA) is 92.0 Å². The number of methoxy groups -OCH3 is 1. The number of hydrogen-bond donors (Lipinski definition) is 0. The van der Waals surface area contributed by atoms with Crippen LogP contribution in [0, 0.1) is 6.92 Å². The van der Waals surface area contributed by atoms with E-state index in [-0.39, 0.29) is 24.1 Å². The van der Waals surface area contributed by atoms with Crippen LogP contribution in [0.5, 0.6) is 0 Å². The van der Waals surface area contributed by atoms with Crippen molar-refractivity contribution in [3.05, 3.63) is 66.1 Å². The average molecular weight is 464 g/mol. The highest BCUT2D eigenvalue weighted by Crippen LogP contribution is 2.20. The number of rotatable bonds is 8. The Morgan fingerprint density at radius 1 is 1.03 bits per heavy atom. The van der Waals surface area contributed by atoms with Gasteiger partial charge in [-0.05, 0) is 31.2 Å². The third kappa shape index (κ3) is 5.60. The molecule has 1 fully saturated rings. The van der Waals surface area contributed by atoms with Gasteiger partial charge < -0.3 is 23.9 Å². The van der Waals surface area contributed by atoms with Crippen molar-refractivity contribution in [1.29, 1.82) is 0 Å². The van der Waals surface area contributed by atoms with E-state index in [1.807, 2.05) is 24.3 Å². The normalized spacial score (nSPS) is 13.7. The number of piperazine rings is 1. The first kappa shape index (κ1) is 23.4. The number of hydrogen-bond acceptors (Lipinski definition) is 7. The van der Waals surface area contributed by atoms with Crippen molar-refractivity contribution in [1.82, 2.24) is 20.0 Å². The van der Waals surface area contributed by atoms with Gasteiger partial charge in [-0.2, -0.15) is 0 Å². The molecule has 4 rings (SSSR count). The van der Waals surface area contributed by atoms with Gasteiger partial charge in [0, 0.05) is 45.4 Å². The number of furan rings is 1. The van der Waals surface area contributed by atoms with Crippen LogP contribution in [0.1, 0.15) is 16.1 Å². The first-order valence-corrected chi connectivity index (χ1v) is 11.3. The van der Waals surface area contributed by atoms with Crippen LogP contribution in [-0.4, -0.2) is 84.8 Å². The third-order valence-corrected chi connectivity index (χ3v) is 5.86. The molecule has 3 aromatic rings. The van der Waals surface area contributed by atoms with Crippen molar-refractivity contribution < 1.29 is 18.7 Å². The molecule has 0 N–H and O–H groups in total. The van der Waals surface area contributed by atoms with E-state index in [1.165, 1.54) is 16.7 Å². The minimum atomic E-state index is -0.321. The van der Waals surface area contributed by atoms with Crippen LogP contribution >= 0.6 is 0 Å². The highest BCUT2D eigenvalue weighted by molar-refractivity contribution is 5.94. The van der Waals surface area contributed by atoms with Crippen LogP contribution in [0.2, 0.25) is 0 Å². The molecule has 1 saturated heterocycles. The smallest absolute Gasteiger partial charge is 0.290 e. The molecule has 34 heavy (non-hydrogen) atoms. The molecule has 0 unspecified atom stereocenters. The van der Waals surface area contributed by atoms with Crippen molar-refractivity contribution >= 4 is 17.6 Å². The van der Waals surface area contributed by atoms with Gasteiger partial charge in [-0.3, -0.25) is 9.59 Å². The summed E-state index contributed by atoms with van der Waals surface area (Å²) >= 11 is 0. The van der Waals surface area contributed by atoms with E-state index < -0.39 is 0 Å². The molecule has 1 aliphatic heterocycles. The second kappa shape index (κ2) is 10.9. The monoisotopic (exact) mass is 463 g/mol. The molecule has 0 atom stereocenters. The number of anilines is 1. The molecule has 2 amide bonds. The van der Waals surface area contributed by atoms with Gasteiger partial charge in [-0.1, -0.05) is 29.8 Å². The van der Waals surface area contributed by atoms with E-state index in [0.717, 1.165) is 17.1 Å². The standard InChI is InChI=1S/C25H29N5O4/c1-19-5-7-20(8-6-19)21-9-10-23(27-26-21)28-11-13-29(14-12-28)24(31)18-30(15-17-33-2)25(32)22-4-3-16-34-22/h3-10,16H,11-15,17-18H2,1-2H3. The van der Waals surface area contributed by atoms with Crippen LogP contribution in [-0.2, 0) is 9.53 Å². The lowest BCUT2D eigenvalue weighted by Crippen LogP contribution is -2.52. The van der Waals surface area contributed by atoms with Crippen molar-refractivity contribution in [2.75, 3.05) is 57.9 Å². The zero-order valence-corrected chi connectivity index (χ0v) is 19.5. The van der Waals surface area contributed by atoms with Gasteiger partial charge in [0.1, 0.15) is 6.54 Å². The van der Waals surface area contributed by atoms with Gasteiger partial charge in [0.25, 0.3) is 5.91 Å². The third-order valence-electron chi connectivity index (χ3n) is 5.86. The summed E-state index contributed by atoms with van der Waals surface area (Å²) in [5.41, 5.74) is 3.06. The number of carbonyl (C=O) groups is 2. The highest BCUT2D eigenvalue weighted by atomic mass is 16.5. The lowest BCUT2D eigenvalue weighted by Gasteiger charge is -2.36. The predicted molar refractivity (Wildman–Crippen MR) is 127 cm³/mol. The number of amides is 2. The Balaban J connectivity index is 1.33. The molecule has 0 radical (unpaired) electrons. The fraction of sp³-hybridized carbons (Fsp3) is 0.360. The lowest BCUT2D eigenvalue weighted by molar-refractivity contribution is -0.132. The minimum Gasteiger partial charge on any atom is -0.459 e. The summed E-state index contributed by atoms with van der Waals surface area (Å²) in [6.45, 7) is 5.07. The van der Waals surface area contributed by atoms with Gasteiger partial charge in [0.15, 0.2) is 11.6 Å². The van der Waals surface area contributed by atoms with E-state index in [9.17, 15) is 9.59 Å². The van der Waals surface area contributed by atoms with Crippen LogP contribution in [0.25, 0.3) is 11.3 Å². The molecule has 9 nitrogen and oxygen atoms in total. The second-order valence-electron chi connectivity index (χ2n) is 8.21. The molecule has 3 heterocycles. The van der Waals surface area contributed by atoms with Crippen molar-refractivity contribution in [2.45, 2.75) is 6.92 Å². The van der Waals surface area contributed by atoms with Crippen LogP contribution in [0.3, 0.4) is 0 Å². The van der Waals surface area contributed by atoms with Crippen LogP contribution in [0.4, 0.5) is 5.82 Å². The molecular formula is C25H29N5O4. The second-order valence-corrected chi connectivity index (χ2v) is 8.21. The van der Waals surface area contributed by atoms with Gasteiger partial charge in [0.05, 0.1) is 18.6 Å². The summed E-state index contributed by atoms with van der Waals surface area (Å²) in [6.07, 6.45) is 1.44. The number of aryl methyl sites for hydroxylation is 1. The largest absolute Gasteiger partial charge is 0.459 e. The van der Waals surface area contributed by atoms with E-state index in [0.29, 0.717) is 39.3 Å². The molecule has 2 aromatic heterocycles. The predicted octanol–water partition coefficient (Wildman–Crippen LogP) is 2.48. The number of aromatic nitrogens is 2. The first-order valence-electron chi connectivity index (χ1n) is 11.3. The fourth-order valence-corrected chi connectivity index (χ4v) is 3.83. The molecule has 178 valence electrons. The minimum absolute atomic E-state index is 0.0199. The summed E-state index contributed by atoms with van der Waals surface area (Å²) < 4.78 is 10.3. The Labute approximate surface area is 198 Å². The quantitative estimate of drug-likeness (QED) is 0.507. The molecule has 9 heteroatoms. The number of nitrogens with zero attached hydrogens (tertiary/aromatic N) is 5. The zero-order valence-electron chi connectivity index (χ0n) is 19.5. The molecule has 1 aromatic carbocycles. The molecular weight excluding hydrogens is 434 g/mol. The fourth-order valence-electron chi connectivity index (χ4n) is 3.83. The van der Waals surface area contributed by atoms with Gasteiger partial charge in [-0.15, -0.1) is 10.2 Å². The van der Waals surface area contributed by atoms with Crippen LogP contribution in [0.15, 0.2) is 59.2 Å². The molecule has 0 spiro atoms. The Morgan fingerprint density at radius 2 is 1.79 bits per heavy atom. The highest BCUT2D eigenvalue weighted by Gasteiger charge is 2.26. The Kier molecular flexibility index (Phi) is 7.54. The maximum atomic E-state index is 12.9. The first-order chi connectivity index (χ1) is 16.5. The molecule has 0 saturated carbocycles. The summed E-state index contributed by atoms with van der Waals surface area (Å²) in [6, 6.07) is 15.4. The Morgan fingerprint density at radius 3 is 2.41 bits per heavy atom. The van der Waals surface area contributed by atoms with E-state index >= 15 is 0 Å². The van der Waals surface area contributed by atoms with Gasteiger partial charge in [-0.25, -0.2) is 0 Å². The van der Waals surface area contributed by atoms with Crippen molar-refractivity contribution in [2.24, 2.45) is 0 Å². The van der Waals surface area contributed by atoms with E-state index in [2.05, 4.69) is 34.2 Å². The Bertz CT molecular complexity index is 1080. The van der Waals surface area contributed by atoms with E-state index in [1.54, 1.807) is 24.1 Å². The van der Waals surface area contributed by atoms with Gasteiger partial charge >= 0.3 is 0 Å². The maximum Gasteiger partial charge on any atom is 0.290 e. The maximum absolute atomic E-state index is 12.9. The van der Waals surface area contributed by atoms with Crippen molar-refractivity contribution in [3.8, 4) is 11.3 Å². The summed E-state index contributed by atoms with van der Waals surface area (Å²) in [5.74, 6) is 0.577. The molecule has 0 bridgehead atoms. The summed E-state index contributed by atoms with van der Waals surface area (Å²) in [7, 11) is 1.56. The Hall–Kier alpha value is -3.72. The summed E-state index contributed by atoms with van der Waals surface area (Å²) in [5, 5.41) is 8.78. The average Bonchev–Trinajstić information content (AvgIpc) is 3.42. The summed E-state index contributed by atoms with van der Waals surface area (Å²) in [4.78, 5) is 31.0. The zero-order chi connectivity index (χ0) is 23.9. The number of carbonyl (C=O) groups excluding carboxylic acids is 2. The van der Waals surface area contributed by atoms with Gasteiger partial charge in [0.2, 0.25) is 5.91 Å².